The summed E-state index contributed by atoms with van der Waals surface area (Å²) >= 11 is 0. The summed E-state index contributed by atoms with van der Waals surface area (Å²) in [5.41, 5.74) is 1.42. The molecule has 21 heavy (non-hydrogen) atoms. The van der Waals surface area contributed by atoms with Gasteiger partial charge in [0.2, 0.25) is 0 Å². The first-order chi connectivity index (χ1) is 10.2. The minimum atomic E-state index is -0.958. The summed E-state index contributed by atoms with van der Waals surface area (Å²) in [4.78, 5) is 15.3. The summed E-state index contributed by atoms with van der Waals surface area (Å²) in [5, 5.41) is 12.3. The van der Waals surface area contributed by atoms with Crippen LogP contribution < -0.4 is 5.32 Å². The van der Waals surface area contributed by atoms with Crippen LogP contribution in [0.4, 0.5) is 6.01 Å². The summed E-state index contributed by atoms with van der Waals surface area (Å²) < 4.78 is 5.64. The lowest BCUT2D eigenvalue weighted by atomic mass is 9.84. The summed E-state index contributed by atoms with van der Waals surface area (Å²) in [5.74, 6) is -0.180. The lowest BCUT2D eigenvalue weighted by Gasteiger charge is -2.28. The van der Waals surface area contributed by atoms with E-state index in [-0.39, 0.29) is 5.56 Å². The fourth-order valence-electron chi connectivity index (χ4n) is 3.09. The zero-order valence-electron chi connectivity index (χ0n) is 12.1. The molecule has 1 aliphatic rings. The van der Waals surface area contributed by atoms with E-state index in [0.717, 1.165) is 18.8 Å². The largest absolute Gasteiger partial charge is 0.478 e. The lowest BCUT2D eigenvalue weighted by Crippen LogP contribution is -2.27. The predicted octanol–water partition coefficient (Wildman–Crippen LogP) is 3.91. The van der Waals surface area contributed by atoms with Crippen LogP contribution in [0.25, 0.3) is 11.1 Å². The van der Waals surface area contributed by atoms with Crippen LogP contribution in [0.1, 0.15) is 49.4 Å². The van der Waals surface area contributed by atoms with E-state index in [9.17, 15) is 4.79 Å². The van der Waals surface area contributed by atoms with Gasteiger partial charge < -0.3 is 14.8 Å². The maximum atomic E-state index is 11.0. The molecule has 1 saturated carbocycles. The van der Waals surface area contributed by atoms with Crippen LogP contribution in [0.2, 0.25) is 0 Å². The number of aromatic nitrogens is 1. The molecule has 3 rings (SSSR count). The quantitative estimate of drug-likeness (QED) is 0.892. The van der Waals surface area contributed by atoms with E-state index in [2.05, 4.69) is 17.2 Å². The van der Waals surface area contributed by atoms with Gasteiger partial charge in [-0.3, -0.25) is 0 Å². The molecule has 1 aromatic carbocycles. The molecule has 5 heteroatoms. The highest BCUT2D eigenvalue weighted by molar-refractivity contribution is 5.92. The molecule has 1 aliphatic carbocycles. The number of nitrogens with one attached hydrogen (secondary N) is 1. The highest BCUT2D eigenvalue weighted by Gasteiger charge is 2.22. The van der Waals surface area contributed by atoms with E-state index in [0.29, 0.717) is 23.2 Å². The number of anilines is 1. The SMILES string of the molecule is CCC1CCCC(Nc2nc3ccc(C(=O)O)cc3o2)C1. The Morgan fingerprint density at radius 1 is 1.48 bits per heavy atom. The Balaban J connectivity index is 1.76. The second-order valence-electron chi connectivity index (χ2n) is 5.79. The maximum Gasteiger partial charge on any atom is 0.335 e. The molecule has 0 bridgehead atoms. The fraction of sp³-hybridized carbons (Fsp3) is 0.500. The first kappa shape index (κ1) is 13.9. The van der Waals surface area contributed by atoms with Crippen molar-refractivity contribution in [3.05, 3.63) is 23.8 Å². The van der Waals surface area contributed by atoms with Crippen LogP contribution in [-0.4, -0.2) is 22.1 Å². The predicted molar refractivity (Wildman–Crippen MR) is 80.6 cm³/mol. The van der Waals surface area contributed by atoms with Gasteiger partial charge >= 0.3 is 5.97 Å². The topological polar surface area (TPSA) is 75.4 Å². The van der Waals surface area contributed by atoms with Crippen LogP contribution in [0.5, 0.6) is 0 Å². The summed E-state index contributed by atoms with van der Waals surface area (Å²) in [6.07, 6.45) is 6.04. The number of carbonyl (C=O) groups is 1. The minimum absolute atomic E-state index is 0.217. The number of benzene rings is 1. The highest BCUT2D eigenvalue weighted by Crippen LogP contribution is 2.29. The molecule has 0 spiro atoms. The number of fused-ring (bicyclic) bond motifs is 1. The molecule has 0 radical (unpaired) electrons. The summed E-state index contributed by atoms with van der Waals surface area (Å²) in [7, 11) is 0. The van der Waals surface area contributed by atoms with Crippen molar-refractivity contribution in [1.29, 1.82) is 0 Å². The third kappa shape index (κ3) is 3.01. The molecule has 1 aromatic heterocycles. The number of oxazole rings is 1. The third-order valence-corrected chi connectivity index (χ3v) is 4.32. The molecule has 2 atom stereocenters. The van der Waals surface area contributed by atoms with E-state index in [1.54, 1.807) is 12.1 Å². The van der Waals surface area contributed by atoms with Crippen molar-refractivity contribution < 1.29 is 14.3 Å². The molecule has 0 aliphatic heterocycles. The van der Waals surface area contributed by atoms with Gasteiger partial charge in [0.15, 0.2) is 5.58 Å². The van der Waals surface area contributed by atoms with Crippen LogP contribution in [0, 0.1) is 5.92 Å². The van der Waals surface area contributed by atoms with Crippen molar-refractivity contribution in [1.82, 2.24) is 4.98 Å². The highest BCUT2D eigenvalue weighted by atomic mass is 16.4. The van der Waals surface area contributed by atoms with Gasteiger partial charge in [-0.05, 0) is 37.0 Å². The zero-order chi connectivity index (χ0) is 14.8. The standard InChI is InChI=1S/C16H20N2O3/c1-2-10-4-3-5-12(8-10)17-16-18-13-7-6-11(15(19)20)9-14(13)21-16/h6-7,9-10,12H,2-5,8H2,1H3,(H,17,18)(H,19,20). The van der Waals surface area contributed by atoms with E-state index >= 15 is 0 Å². The van der Waals surface area contributed by atoms with E-state index < -0.39 is 5.97 Å². The Morgan fingerprint density at radius 2 is 2.33 bits per heavy atom. The molecule has 2 aromatic rings. The lowest BCUT2D eigenvalue weighted by molar-refractivity contribution is 0.0697. The molecule has 5 nitrogen and oxygen atoms in total. The molecule has 0 saturated heterocycles. The van der Waals surface area contributed by atoms with E-state index in [4.69, 9.17) is 9.52 Å². The van der Waals surface area contributed by atoms with Crippen LogP contribution >= 0.6 is 0 Å². The Bertz CT molecular complexity index is 650. The zero-order valence-corrected chi connectivity index (χ0v) is 12.1. The number of nitrogens with zero attached hydrogens (tertiary/aromatic N) is 1. The maximum absolute atomic E-state index is 11.0. The second kappa shape index (κ2) is 5.76. The number of carboxylic acid groups (broad SMARTS) is 1. The van der Waals surface area contributed by atoms with Crippen molar-refractivity contribution in [2.45, 2.75) is 45.1 Å². The number of hydrogen-bond donors (Lipinski definition) is 2. The smallest absolute Gasteiger partial charge is 0.335 e. The van der Waals surface area contributed by atoms with Gasteiger partial charge in [0.25, 0.3) is 6.01 Å². The normalized spacial score (nSPS) is 22.3. The molecule has 112 valence electrons. The average molecular weight is 288 g/mol. The van der Waals surface area contributed by atoms with E-state index in [1.807, 2.05) is 0 Å². The summed E-state index contributed by atoms with van der Waals surface area (Å²) in [6.45, 7) is 2.24. The third-order valence-electron chi connectivity index (χ3n) is 4.32. The van der Waals surface area contributed by atoms with Crippen molar-refractivity contribution in [3.63, 3.8) is 0 Å². The van der Waals surface area contributed by atoms with Gasteiger partial charge in [0, 0.05) is 6.04 Å². The molecular weight excluding hydrogens is 268 g/mol. The van der Waals surface area contributed by atoms with Crippen molar-refractivity contribution >= 4 is 23.1 Å². The molecule has 0 amide bonds. The molecule has 2 N–H and O–H groups in total. The van der Waals surface area contributed by atoms with Crippen LogP contribution in [0.3, 0.4) is 0 Å². The number of rotatable bonds is 4. The number of aromatic carboxylic acids is 1. The van der Waals surface area contributed by atoms with Crippen LogP contribution in [0.15, 0.2) is 22.6 Å². The molecular formula is C16H20N2O3. The number of carboxylic acids is 1. The first-order valence-electron chi connectivity index (χ1n) is 7.56. The second-order valence-corrected chi connectivity index (χ2v) is 5.79. The van der Waals surface area contributed by atoms with Gasteiger partial charge in [0.05, 0.1) is 5.56 Å². The van der Waals surface area contributed by atoms with Gasteiger partial charge in [-0.1, -0.05) is 26.2 Å². The van der Waals surface area contributed by atoms with Gasteiger partial charge in [-0.15, -0.1) is 0 Å². The molecule has 1 heterocycles. The first-order valence-corrected chi connectivity index (χ1v) is 7.56. The molecule has 1 fully saturated rings. The monoisotopic (exact) mass is 288 g/mol. The van der Waals surface area contributed by atoms with Gasteiger partial charge in [-0.2, -0.15) is 4.98 Å². The van der Waals surface area contributed by atoms with Gasteiger partial charge in [0.1, 0.15) is 5.52 Å². The minimum Gasteiger partial charge on any atom is -0.478 e. The van der Waals surface area contributed by atoms with E-state index in [1.165, 1.54) is 25.3 Å². The average Bonchev–Trinajstić information content (AvgIpc) is 2.88. The molecule has 2 unspecified atom stereocenters. The Kier molecular flexibility index (Phi) is 3.82. The Labute approximate surface area is 123 Å². The van der Waals surface area contributed by atoms with Crippen molar-refractivity contribution in [3.8, 4) is 0 Å². The summed E-state index contributed by atoms with van der Waals surface area (Å²) in [6, 6.07) is 5.64. The van der Waals surface area contributed by atoms with Crippen LogP contribution in [-0.2, 0) is 0 Å². The Hall–Kier alpha value is -2.04. The fourth-order valence-corrected chi connectivity index (χ4v) is 3.09. The van der Waals surface area contributed by atoms with Gasteiger partial charge in [-0.25, -0.2) is 4.79 Å². The Morgan fingerprint density at radius 3 is 3.10 bits per heavy atom. The van der Waals surface area contributed by atoms with Crippen molar-refractivity contribution in [2.75, 3.05) is 5.32 Å². The van der Waals surface area contributed by atoms with Crippen molar-refractivity contribution in [2.24, 2.45) is 5.92 Å². The number of hydrogen-bond acceptors (Lipinski definition) is 4.